The molecule has 0 spiro atoms. The van der Waals surface area contributed by atoms with Crippen molar-refractivity contribution in [3.8, 4) is 0 Å². The van der Waals surface area contributed by atoms with Crippen molar-refractivity contribution in [2.24, 2.45) is 0 Å². The lowest BCUT2D eigenvalue weighted by Gasteiger charge is -2.18. The van der Waals surface area contributed by atoms with Crippen molar-refractivity contribution in [3.63, 3.8) is 0 Å². The van der Waals surface area contributed by atoms with Gasteiger partial charge in [0.2, 0.25) is 0 Å². The first kappa shape index (κ1) is 64.3. The molecule has 1 atom stereocenters. The van der Waals surface area contributed by atoms with Gasteiger partial charge >= 0.3 is 11.9 Å². The van der Waals surface area contributed by atoms with Gasteiger partial charge in [-0.25, -0.2) is 0 Å². The number of esters is 2. The molecule has 0 saturated heterocycles. The highest BCUT2D eigenvalue weighted by atomic mass is 16.6. The van der Waals surface area contributed by atoms with Crippen molar-refractivity contribution in [1.29, 1.82) is 0 Å². The van der Waals surface area contributed by atoms with Gasteiger partial charge in [-0.2, -0.15) is 0 Å². The van der Waals surface area contributed by atoms with E-state index in [0.29, 0.717) is 19.4 Å². The highest BCUT2D eigenvalue weighted by Gasteiger charge is 2.17. The molecule has 1 unspecified atom stereocenters. The maximum absolute atomic E-state index is 12.9. The SMILES string of the molecule is CC/C=C\C/C=C\C/C=C\C/C=C\C/C=C\CCCCOCC(COC(=O)CCCCCCCCC/C=C\C/C=C\C/C=C\CC)OC(=O)CCCCCCCCC/C=C\C/C=C\CCCCC. The van der Waals surface area contributed by atoms with Gasteiger partial charge in [0, 0.05) is 19.4 Å². The average Bonchev–Trinajstić information content (AvgIpc) is 3.34. The highest BCUT2D eigenvalue weighted by molar-refractivity contribution is 5.70. The monoisotopic (exact) mass is 941 g/mol. The first-order chi connectivity index (χ1) is 33.6. The van der Waals surface area contributed by atoms with Gasteiger partial charge in [0.25, 0.3) is 0 Å². The lowest BCUT2D eigenvalue weighted by atomic mass is 10.1. The zero-order valence-corrected chi connectivity index (χ0v) is 44.3. The smallest absolute Gasteiger partial charge is 0.306 e. The second-order valence-corrected chi connectivity index (χ2v) is 18.1. The molecule has 0 amide bonds. The van der Waals surface area contributed by atoms with Crippen molar-refractivity contribution in [2.75, 3.05) is 19.8 Å². The van der Waals surface area contributed by atoms with Crippen molar-refractivity contribution in [1.82, 2.24) is 0 Å². The van der Waals surface area contributed by atoms with Crippen LogP contribution in [0, 0.1) is 0 Å². The summed E-state index contributed by atoms with van der Waals surface area (Å²) in [6.07, 6.45) is 80.7. The van der Waals surface area contributed by atoms with Crippen molar-refractivity contribution < 1.29 is 23.8 Å². The maximum Gasteiger partial charge on any atom is 0.306 e. The number of hydrogen-bond donors (Lipinski definition) is 0. The Morgan fingerprint density at radius 2 is 0.662 bits per heavy atom. The van der Waals surface area contributed by atoms with Crippen LogP contribution in [-0.4, -0.2) is 37.9 Å². The van der Waals surface area contributed by atoms with Crippen LogP contribution < -0.4 is 0 Å². The largest absolute Gasteiger partial charge is 0.462 e. The Hall–Kier alpha value is -3.70. The van der Waals surface area contributed by atoms with E-state index in [1.807, 2.05) is 0 Å². The quantitative estimate of drug-likeness (QED) is 0.0345. The number of hydrogen-bond acceptors (Lipinski definition) is 5. The van der Waals surface area contributed by atoms with E-state index in [1.54, 1.807) is 0 Å². The van der Waals surface area contributed by atoms with Gasteiger partial charge in [0.1, 0.15) is 6.61 Å². The Morgan fingerprint density at radius 1 is 0.338 bits per heavy atom. The third kappa shape index (κ3) is 54.9. The van der Waals surface area contributed by atoms with Gasteiger partial charge in [-0.3, -0.25) is 9.59 Å². The van der Waals surface area contributed by atoms with E-state index < -0.39 is 6.10 Å². The molecule has 0 aromatic rings. The third-order valence-corrected chi connectivity index (χ3v) is 11.5. The summed E-state index contributed by atoms with van der Waals surface area (Å²) in [5.74, 6) is -0.446. The number of carbonyl (C=O) groups is 2. The fraction of sp³-hybridized carbons (Fsp3) is 0.651. The number of rotatable bonds is 50. The van der Waals surface area contributed by atoms with Gasteiger partial charge in [-0.05, 0) is 128 Å². The first-order valence-electron chi connectivity index (χ1n) is 28.1. The van der Waals surface area contributed by atoms with E-state index >= 15 is 0 Å². The number of unbranched alkanes of at least 4 members (excludes halogenated alkanes) is 19. The Morgan fingerprint density at radius 3 is 1.06 bits per heavy atom. The molecule has 5 nitrogen and oxygen atoms in total. The van der Waals surface area contributed by atoms with Crippen LogP contribution >= 0.6 is 0 Å². The molecule has 0 aliphatic carbocycles. The molecule has 0 heterocycles. The molecule has 0 bridgehead atoms. The minimum Gasteiger partial charge on any atom is -0.462 e. The van der Waals surface area contributed by atoms with E-state index in [4.69, 9.17) is 14.2 Å². The zero-order valence-electron chi connectivity index (χ0n) is 44.3. The number of carbonyl (C=O) groups excluding carboxylic acids is 2. The summed E-state index contributed by atoms with van der Waals surface area (Å²) in [6, 6.07) is 0. The third-order valence-electron chi connectivity index (χ3n) is 11.5. The van der Waals surface area contributed by atoms with Crippen LogP contribution in [0.15, 0.2) is 122 Å². The molecular weight excluding hydrogens is 837 g/mol. The van der Waals surface area contributed by atoms with Gasteiger partial charge < -0.3 is 14.2 Å². The van der Waals surface area contributed by atoms with E-state index in [0.717, 1.165) is 128 Å². The molecule has 0 fully saturated rings. The molecule has 0 saturated carbocycles. The predicted molar refractivity (Wildman–Crippen MR) is 297 cm³/mol. The average molecular weight is 942 g/mol. The van der Waals surface area contributed by atoms with Crippen molar-refractivity contribution >= 4 is 11.9 Å². The van der Waals surface area contributed by atoms with Crippen molar-refractivity contribution in [3.05, 3.63) is 122 Å². The normalized spacial score (nSPS) is 13.2. The molecule has 0 N–H and O–H groups in total. The second kappa shape index (κ2) is 57.6. The Balaban J connectivity index is 4.41. The summed E-state index contributed by atoms with van der Waals surface area (Å²) in [5.41, 5.74) is 0. The molecule has 0 aromatic heterocycles. The van der Waals surface area contributed by atoms with E-state index in [1.165, 1.54) is 77.0 Å². The summed E-state index contributed by atoms with van der Waals surface area (Å²) < 4.78 is 17.4. The maximum atomic E-state index is 12.9. The predicted octanol–water partition coefficient (Wildman–Crippen LogP) is 19.3. The first-order valence-corrected chi connectivity index (χ1v) is 28.1. The summed E-state index contributed by atoms with van der Waals surface area (Å²) in [4.78, 5) is 25.5. The topological polar surface area (TPSA) is 61.8 Å². The molecule has 5 heteroatoms. The van der Waals surface area contributed by atoms with Gasteiger partial charge in [-0.1, -0.05) is 219 Å². The van der Waals surface area contributed by atoms with Gasteiger partial charge in [-0.15, -0.1) is 0 Å². The molecule has 0 aromatic carbocycles. The minimum absolute atomic E-state index is 0.0522. The second-order valence-electron chi connectivity index (χ2n) is 18.1. The van der Waals surface area contributed by atoms with E-state index in [-0.39, 0.29) is 25.2 Å². The molecular formula is C63H104O5. The standard InChI is InChI=1S/C63H104O5/c1-4-7-10-13-16-19-22-25-28-31-34-37-40-43-46-49-52-55-58-66-59-61(68-63(65)57-54-51-48-45-42-39-36-33-30-27-24-21-18-15-12-9-6-3)60-67-62(64)56-53-50-47-44-41-38-35-32-29-26-23-20-17-14-11-8-5-2/h7-8,10-11,16-21,25-30,34,37,43,46,61H,4-6,9,12-15,22-24,31-33,35-36,38-42,44-45,47-60H2,1-3H3/b10-7-,11-8-,19-16-,20-17-,21-18-,28-25-,29-26-,30-27-,37-34-,46-43-. The van der Waals surface area contributed by atoms with Crippen LogP contribution in [0.25, 0.3) is 0 Å². The molecule has 68 heavy (non-hydrogen) atoms. The fourth-order valence-corrected chi connectivity index (χ4v) is 7.34. The van der Waals surface area contributed by atoms with Crippen LogP contribution in [0.3, 0.4) is 0 Å². The van der Waals surface area contributed by atoms with Crippen LogP contribution in [0.5, 0.6) is 0 Å². The lowest BCUT2D eigenvalue weighted by Crippen LogP contribution is -2.30. The van der Waals surface area contributed by atoms with Crippen LogP contribution in [0.1, 0.15) is 239 Å². The molecule has 0 aliphatic heterocycles. The molecule has 0 radical (unpaired) electrons. The Bertz CT molecular complexity index is 1390. The number of allylic oxidation sites excluding steroid dienone is 20. The fourth-order valence-electron chi connectivity index (χ4n) is 7.34. The van der Waals surface area contributed by atoms with Crippen LogP contribution in [-0.2, 0) is 23.8 Å². The summed E-state index contributed by atoms with van der Waals surface area (Å²) in [6.45, 7) is 7.46. The van der Waals surface area contributed by atoms with Gasteiger partial charge in [0.05, 0.1) is 6.61 Å². The van der Waals surface area contributed by atoms with E-state index in [2.05, 4.69) is 142 Å². The zero-order chi connectivity index (χ0) is 49.2. The highest BCUT2D eigenvalue weighted by Crippen LogP contribution is 2.14. The molecule has 0 rings (SSSR count). The van der Waals surface area contributed by atoms with Crippen LogP contribution in [0.2, 0.25) is 0 Å². The summed E-state index contributed by atoms with van der Waals surface area (Å²) in [7, 11) is 0. The van der Waals surface area contributed by atoms with Gasteiger partial charge in [0.15, 0.2) is 6.10 Å². The number of ether oxygens (including phenoxy) is 3. The summed E-state index contributed by atoms with van der Waals surface area (Å²) >= 11 is 0. The minimum atomic E-state index is -0.576. The van der Waals surface area contributed by atoms with Crippen molar-refractivity contribution in [2.45, 2.75) is 245 Å². The molecule has 386 valence electrons. The Kier molecular flexibility index (Phi) is 54.5. The molecule has 0 aliphatic rings. The lowest BCUT2D eigenvalue weighted by molar-refractivity contribution is -0.163. The summed E-state index contributed by atoms with van der Waals surface area (Å²) in [5, 5.41) is 0. The van der Waals surface area contributed by atoms with E-state index in [9.17, 15) is 9.59 Å². The Labute approximate surface area is 420 Å². The van der Waals surface area contributed by atoms with Crippen LogP contribution in [0.4, 0.5) is 0 Å².